The molecule has 0 spiro atoms. The predicted octanol–water partition coefficient (Wildman–Crippen LogP) is 3.73. The molecule has 142 valence electrons. The molecular weight excluding hydrogens is 453 g/mol. The molecule has 0 bridgehead atoms. The van der Waals surface area contributed by atoms with E-state index in [1.54, 1.807) is 12.1 Å². The van der Waals surface area contributed by atoms with Crippen LogP contribution in [0.3, 0.4) is 0 Å². The molecule has 2 rings (SSSR count). The molecule has 1 N–H and O–H groups in total. The number of hydrogen-bond acceptors (Lipinski definition) is 2. The summed E-state index contributed by atoms with van der Waals surface area (Å²) in [5.41, 5.74) is 0.818. The van der Waals surface area contributed by atoms with Crippen LogP contribution in [0.25, 0.3) is 0 Å². The highest BCUT2D eigenvalue weighted by atomic mass is 127. The number of nitrogens with zero attached hydrogens (tertiary/aromatic N) is 2. The van der Waals surface area contributed by atoms with Crippen molar-refractivity contribution in [3.05, 3.63) is 35.6 Å². The zero-order chi connectivity index (χ0) is 17.7. The van der Waals surface area contributed by atoms with Crippen molar-refractivity contribution < 1.29 is 22.3 Å². The first kappa shape index (κ1) is 21.9. The van der Waals surface area contributed by atoms with Crippen LogP contribution in [-0.2, 0) is 4.74 Å². The van der Waals surface area contributed by atoms with E-state index in [0.29, 0.717) is 19.0 Å². The average Bonchev–Trinajstić information content (AvgIpc) is 2.50. The van der Waals surface area contributed by atoms with E-state index in [-0.39, 0.29) is 48.5 Å². The maximum absolute atomic E-state index is 13.1. The van der Waals surface area contributed by atoms with Crippen LogP contribution < -0.4 is 5.32 Å². The molecule has 1 aliphatic rings. The van der Waals surface area contributed by atoms with Crippen molar-refractivity contribution in [1.29, 1.82) is 0 Å². The van der Waals surface area contributed by atoms with Gasteiger partial charge in [0, 0.05) is 20.1 Å². The average molecular weight is 475 g/mol. The summed E-state index contributed by atoms with van der Waals surface area (Å²) in [5, 5.41) is 2.74. The van der Waals surface area contributed by atoms with Gasteiger partial charge in [-0.05, 0) is 24.6 Å². The summed E-state index contributed by atoms with van der Waals surface area (Å²) in [6, 6.07) is 6.02. The van der Waals surface area contributed by atoms with Crippen molar-refractivity contribution in [3.8, 4) is 0 Å². The Kier molecular flexibility index (Phi) is 8.39. The Hall–Kier alpha value is -1.10. The Morgan fingerprint density at radius 1 is 1.28 bits per heavy atom. The zero-order valence-corrected chi connectivity index (χ0v) is 16.3. The lowest BCUT2D eigenvalue weighted by Crippen LogP contribution is -2.51. The van der Waals surface area contributed by atoms with Crippen molar-refractivity contribution in [2.24, 2.45) is 4.99 Å². The highest BCUT2D eigenvalue weighted by Gasteiger charge is 2.30. The van der Waals surface area contributed by atoms with E-state index in [9.17, 15) is 17.6 Å². The summed E-state index contributed by atoms with van der Waals surface area (Å²) < 4.78 is 55.8. The summed E-state index contributed by atoms with van der Waals surface area (Å²) in [6.07, 6.45) is -5.56. The van der Waals surface area contributed by atoms with Gasteiger partial charge in [-0.2, -0.15) is 13.2 Å². The van der Waals surface area contributed by atoms with Crippen LogP contribution in [0.15, 0.2) is 29.3 Å². The summed E-state index contributed by atoms with van der Waals surface area (Å²) in [4.78, 5) is 5.92. The van der Waals surface area contributed by atoms with Crippen molar-refractivity contribution in [2.45, 2.75) is 31.7 Å². The molecule has 4 nitrogen and oxygen atoms in total. The topological polar surface area (TPSA) is 36.9 Å². The Bertz CT molecular complexity index is 565. The lowest BCUT2D eigenvalue weighted by molar-refractivity contribution is -0.133. The maximum atomic E-state index is 13.1. The number of benzene rings is 1. The molecule has 0 saturated carbocycles. The van der Waals surface area contributed by atoms with Crippen LogP contribution >= 0.6 is 24.0 Å². The fourth-order valence-electron chi connectivity index (χ4n) is 2.63. The highest BCUT2D eigenvalue weighted by Crippen LogP contribution is 2.25. The fourth-order valence-corrected chi connectivity index (χ4v) is 2.63. The third kappa shape index (κ3) is 6.96. The van der Waals surface area contributed by atoms with Crippen molar-refractivity contribution in [3.63, 3.8) is 0 Å². The lowest BCUT2D eigenvalue weighted by Gasteiger charge is -2.38. The number of morpholine rings is 1. The molecule has 25 heavy (non-hydrogen) atoms. The molecule has 0 aliphatic carbocycles. The van der Waals surface area contributed by atoms with Crippen molar-refractivity contribution in [1.82, 2.24) is 10.2 Å². The second-order valence-corrected chi connectivity index (χ2v) is 5.73. The Labute approximate surface area is 161 Å². The standard InChI is InChI=1S/C16H21F4N3O.HI/c1-11-9-23(15(21-2)22-8-7-16(18,19)20)10-14(24-11)12-3-5-13(17)6-4-12;/h3-6,11,14H,7-10H2,1-2H3,(H,21,22);1H. The molecule has 1 saturated heterocycles. The molecule has 1 heterocycles. The molecule has 0 aromatic heterocycles. The molecule has 1 aromatic rings. The SMILES string of the molecule is CN=C(NCCC(F)(F)F)N1CC(C)OC(c2ccc(F)cc2)C1.I. The quantitative estimate of drug-likeness (QED) is 0.314. The van der Waals surface area contributed by atoms with Gasteiger partial charge in [-0.25, -0.2) is 4.39 Å². The molecule has 0 radical (unpaired) electrons. The first-order valence-electron chi connectivity index (χ1n) is 7.72. The molecule has 1 aliphatic heterocycles. The summed E-state index contributed by atoms with van der Waals surface area (Å²) in [5.74, 6) is 0.0746. The van der Waals surface area contributed by atoms with Gasteiger partial charge in [0.05, 0.1) is 19.1 Å². The van der Waals surface area contributed by atoms with Gasteiger partial charge in [0.2, 0.25) is 0 Å². The van der Waals surface area contributed by atoms with Gasteiger partial charge in [-0.15, -0.1) is 24.0 Å². The predicted molar refractivity (Wildman–Crippen MR) is 98.7 cm³/mol. The van der Waals surface area contributed by atoms with E-state index in [1.165, 1.54) is 19.2 Å². The second kappa shape index (κ2) is 9.56. The second-order valence-electron chi connectivity index (χ2n) is 5.73. The van der Waals surface area contributed by atoms with Gasteiger partial charge >= 0.3 is 6.18 Å². The van der Waals surface area contributed by atoms with Crippen LogP contribution in [0.2, 0.25) is 0 Å². The van der Waals surface area contributed by atoms with E-state index in [1.807, 2.05) is 11.8 Å². The molecule has 1 fully saturated rings. The summed E-state index contributed by atoms with van der Waals surface area (Å²) in [7, 11) is 1.53. The summed E-state index contributed by atoms with van der Waals surface area (Å²) >= 11 is 0. The number of rotatable bonds is 3. The maximum Gasteiger partial charge on any atom is 0.390 e. The third-order valence-electron chi connectivity index (χ3n) is 3.70. The van der Waals surface area contributed by atoms with Gasteiger partial charge in [0.1, 0.15) is 11.9 Å². The number of ether oxygens (including phenoxy) is 1. The lowest BCUT2D eigenvalue weighted by atomic mass is 10.1. The largest absolute Gasteiger partial charge is 0.390 e. The van der Waals surface area contributed by atoms with Crippen LogP contribution in [0.5, 0.6) is 0 Å². The van der Waals surface area contributed by atoms with Crippen LogP contribution in [0, 0.1) is 5.82 Å². The number of guanidine groups is 1. The number of aliphatic imine (C=N–C) groups is 1. The van der Waals surface area contributed by atoms with E-state index in [0.717, 1.165) is 5.56 Å². The van der Waals surface area contributed by atoms with E-state index < -0.39 is 12.6 Å². The number of alkyl halides is 3. The molecule has 2 unspecified atom stereocenters. The van der Waals surface area contributed by atoms with Gasteiger partial charge < -0.3 is 15.0 Å². The van der Waals surface area contributed by atoms with Crippen molar-refractivity contribution >= 4 is 29.9 Å². The smallest absolute Gasteiger partial charge is 0.367 e. The van der Waals surface area contributed by atoms with E-state index >= 15 is 0 Å². The van der Waals surface area contributed by atoms with Gasteiger partial charge in [0.25, 0.3) is 0 Å². The normalized spacial score (nSPS) is 21.7. The van der Waals surface area contributed by atoms with Gasteiger partial charge in [0.15, 0.2) is 5.96 Å². The van der Waals surface area contributed by atoms with Crippen LogP contribution in [0.4, 0.5) is 17.6 Å². The number of nitrogens with one attached hydrogen (secondary N) is 1. The van der Waals surface area contributed by atoms with E-state index in [4.69, 9.17) is 4.74 Å². The molecule has 9 heteroatoms. The van der Waals surface area contributed by atoms with E-state index in [2.05, 4.69) is 10.3 Å². The van der Waals surface area contributed by atoms with Crippen molar-refractivity contribution in [2.75, 3.05) is 26.7 Å². The number of halogens is 5. The number of hydrogen-bond donors (Lipinski definition) is 1. The molecule has 2 atom stereocenters. The Morgan fingerprint density at radius 3 is 2.48 bits per heavy atom. The minimum atomic E-state index is -4.21. The monoisotopic (exact) mass is 475 g/mol. The summed E-state index contributed by atoms with van der Waals surface area (Å²) in [6.45, 7) is 2.60. The van der Waals surface area contributed by atoms with Crippen LogP contribution in [0.1, 0.15) is 25.0 Å². The highest BCUT2D eigenvalue weighted by molar-refractivity contribution is 14.0. The van der Waals surface area contributed by atoms with Crippen LogP contribution in [-0.4, -0.2) is 49.8 Å². The van der Waals surface area contributed by atoms with Gasteiger partial charge in [-0.3, -0.25) is 4.99 Å². The minimum absolute atomic E-state index is 0. The first-order chi connectivity index (χ1) is 11.3. The molecule has 0 amide bonds. The third-order valence-corrected chi connectivity index (χ3v) is 3.70. The fraction of sp³-hybridized carbons (Fsp3) is 0.562. The molecular formula is C16H22F4IN3O. The minimum Gasteiger partial charge on any atom is -0.367 e. The zero-order valence-electron chi connectivity index (χ0n) is 14.0. The Morgan fingerprint density at radius 2 is 1.92 bits per heavy atom. The first-order valence-corrected chi connectivity index (χ1v) is 7.72. The van der Waals surface area contributed by atoms with Gasteiger partial charge in [-0.1, -0.05) is 12.1 Å². The Balaban J connectivity index is 0.00000312. The molecule has 1 aromatic carbocycles.